The fourth-order valence-electron chi connectivity index (χ4n) is 2.31. The topological polar surface area (TPSA) is 55.1 Å². The minimum atomic E-state index is -0.276. The van der Waals surface area contributed by atoms with Gasteiger partial charge in [-0.3, -0.25) is 10.1 Å². The van der Waals surface area contributed by atoms with Gasteiger partial charge in [0.2, 0.25) is 0 Å². The molecule has 0 saturated carbocycles. The minimum absolute atomic E-state index is 0.276. The highest BCUT2D eigenvalue weighted by Crippen LogP contribution is 2.32. The third-order valence-corrected chi connectivity index (χ3v) is 4.50. The SMILES string of the molecule is CCCc1sc(NC(=O)c2ccco2)nc1-c1ccc(C)cc1. The van der Waals surface area contributed by atoms with Crippen LogP contribution in [0.15, 0.2) is 47.1 Å². The molecule has 0 aliphatic rings. The third-order valence-electron chi connectivity index (χ3n) is 3.46. The van der Waals surface area contributed by atoms with Crippen LogP contribution in [0.5, 0.6) is 0 Å². The average molecular weight is 326 g/mol. The number of carbonyl (C=O) groups is 1. The molecule has 0 atom stereocenters. The van der Waals surface area contributed by atoms with Crippen molar-refractivity contribution in [3.8, 4) is 11.3 Å². The Balaban J connectivity index is 1.89. The number of thiazole rings is 1. The fourth-order valence-corrected chi connectivity index (χ4v) is 3.39. The lowest BCUT2D eigenvalue weighted by atomic mass is 10.1. The molecule has 0 saturated heterocycles. The molecular weight excluding hydrogens is 308 g/mol. The van der Waals surface area contributed by atoms with Gasteiger partial charge in [-0.2, -0.15) is 0 Å². The van der Waals surface area contributed by atoms with Crippen LogP contribution in [-0.4, -0.2) is 10.9 Å². The predicted octanol–water partition coefficient (Wildman–Crippen LogP) is 4.92. The van der Waals surface area contributed by atoms with Gasteiger partial charge in [0.25, 0.3) is 5.91 Å². The highest BCUT2D eigenvalue weighted by atomic mass is 32.1. The number of rotatable bonds is 5. The number of benzene rings is 1. The van der Waals surface area contributed by atoms with Crippen molar-refractivity contribution in [1.29, 1.82) is 0 Å². The Morgan fingerprint density at radius 1 is 1.26 bits per heavy atom. The van der Waals surface area contributed by atoms with Crippen molar-refractivity contribution in [2.24, 2.45) is 0 Å². The van der Waals surface area contributed by atoms with Crippen LogP contribution in [0.3, 0.4) is 0 Å². The summed E-state index contributed by atoms with van der Waals surface area (Å²) in [5.41, 5.74) is 3.24. The molecular formula is C18H18N2O2S. The van der Waals surface area contributed by atoms with Gasteiger partial charge in [0.1, 0.15) is 0 Å². The van der Waals surface area contributed by atoms with Crippen LogP contribution in [-0.2, 0) is 6.42 Å². The first kappa shape index (κ1) is 15.5. The Bertz CT molecular complexity index is 789. The van der Waals surface area contributed by atoms with Gasteiger partial charge < -0.3 is 4.42 Å². The van der Waals surface area contributed by atoms with Crippen LogP contribution >= 0.6 is 11.3 Å². The highest BCUT2D eigenvalue weighted by molar-refractivity contribution is 7.16. The predicted molar refractivity (Wildman–Crippen MR) is 92.9 cm³/mol. The standard InChI is InChI=1S/C18H18N2O2S/c1-3-5-15-16(13-9-7-12(2)8-10-13)19-18(23-15)20-17(21)14-6-4-11-22-14/h4,6-11H,3,5H2,1-2H3,(H,19,20,21). The molecule has 118 valence electrons. The molecule has 5 heteroatoms. The summed E-state index contributed by atoms with van der Waals surface area (Å²) in [6.07, 6.45) is 3.46. The summed E-state index contributed by atoms with van der Waals surface area (Å²) in [7, 11) is 0. The second kappa shape index (κ2) is 6.79. The van der Waals surface area contributed by atoms with Gasteiger partial charge in [-0.25, -0.2) is 4.98 Å². The maximum atomic E-state index is 12.1. The molecule has 0 bridgehead atoms. The van der Waals surface area contributed by atoms with Gasteiger partial charge in [-0.15, -0.1) is 11.3 Å². The van der Waals surface area contributed by atoms with E-state index in [0.717, 1.165) is 24.1 Å². The number of nitrogens with zero attached hydrogens (tertiary/aromatic N) is 1. The number of hydrogen-bond donors (Lipinski definition) is 1. The van der Waals surface area contributed by atoms with Gasteiger partial charge >= 0.3 is 0 Å². The van der Waals surface area contributed by atoms with E-state index in [4.69, 9.17) is 4.42 Å². The largest absolute Gasteiger partial charge is 0.459 e. The fraction of sp³-hybridized carbons (Fsp3) is 0.222. The first-order chi connectivity index (χ1) is 11.2. The van der Waals surface area contributed by atoms with E-state index in [9.17, 15) is 4.79 Å². The number of hydrogen-bond acceptors (Lipinski definition) is 4. The zero-order chi connectivity index (χ0) is 16.2. The molecule has 0 fully saturated rings. The van der Waals surface area contributed by atoms with Crippen LogP contribution in [0.2, 0.25) is 0 Å². The van der Waals surface area contributed by atoms with E-state index < -0.39 is 0 Å². The van der Waals surface area contributed by atoms with E-state index in [1.807, 2.05) is 0 Å². The van der Waals surface area contributed by atoms with E-state index in [1.54, 1.807) is 12.1 Å². The number of anilines is 1. The maximum absolute atomic E-state index is 12.1. The van der Waals surface area contributed by atoms with Crippen LogP contribution in [0.4, 0.5) is 5.13 Å². The maximum Gasteiger partial charge on any atom is 0.293 e. The van der Waals surface area contributed by atoms with Crippen molar-refractivity contribution in [1.82, 2.24) is 4.98 Å². The monoisotopic (exact) mass is 326 g/mol. The molecule has 0 aliphatic carbocycles. The van der Waals surface area contributed by atoms with Gasteiger partial charge in [-0.05, 0) is 25.5 Å². The molecule has 0 spiro atoms. The van der Waals surface area contributed by atoms with Crippen molar-refractivity contribution >= 4 is 22.4 Å². The second-order valence-corrected chi connectivity index (χ2v) is 6.42. The molecule has 0 radical (unpaired) electrons. The third kappa shape index (κ3) is 3.51. The van der Waals surface area contributed by atoms with E-state index in [0.29, 0.717) is 5.13 Å². The summed E-state index contributed by atoms with van der Waals surface area (Å²) in [6, 6.07) is 11.6. The van der Waals surface area contributed by atoms with Gasteiger partial charge in [-0.1, -0.05) is 43.2 Å². The molecule has 23 heavy (non-hydrogen) atoms. The van der Waals surface area contributed by atoms with E-state index in [1.165, 1.54) is 28.0 Å². The minimum Gasteiger partial charge on any atom is -0.459 e. The summed E-state index contributed by atoms with van der Waals surface area (Å²) >= 11 is 1.52. The molecule has 1 amide bonds. The lowest BCUT2D eigenvalue weighted by Crippen LogP contribution is -2.10. The molecule has 1 N–H and O–H groups in total. The Kier molecular flexibility index (Phi) is 4.57. The van der Waals surface area contributed by atoms with Crippen LogP contribution in [0, 0.1) is 6.92 Å². The molecule has 2 aromatic heterocycles. The average Bonchev–Trinajstić information content (AvgIpc) is 3.19. The van der Waals surface area contributed by atoms with Gasteiger partial charge in [0.05, 0.1) is 12.0 Å². The smallest absolute Gasteiger partial charge is 0.293 e. The number of carbonyl (C=O) groups excluding carboxylic acids is 1. The lowest BCUT2D eigenvalue weighted by Gasteiger charge is -2.01. The van der Waals surface area contributed by atoms with Crippen molar-refractivity contribution in [3.05, 3.63) is 58.9 Å². The molecule has 0 unspecified atom stereocenters. The summed E-state index contributed by atoms with van der Waals surface area (Å²) in [4.78, 5) is 17.9. The second-order valence-electron chi connectivity index (χ2n) is 5.34. The van der Waals surface area contributed by atoms with E-state index in [2.05, 4.69) is 48.4 Å². The molecule has 0 aliphatic heterocycles. The summed E-state index contributed by atoms with van der Waals surface area (Å²) in [5.74, 6) is 0.0105. The molecule has 2 heterocycles. The van der Waals surface area contributed by atoms with Crippen LogP contribution in [0.1, 0.15) is 34.3 Å². The zero-order valence-electron chi connectivity index (χ0n) is 13.1. The highest BCUT2D eigenvalue weighted by Gasteiger charge is 2.16. The van der Waals surface area contributed by atoms with E-state index in [-0.39, 0.29) is 11.7 Å². The lowest BCUT2D eigenvalue weighted by molar-refractivity contribution is 0.0996. The number of amides is 1. The van der Waals surface area contributed by atoms with Crippen molar-refractivity contribution in [2.45, 2.75) is 26.7 Å². The Hall–Kier alpha value is -2.40. The number of aromatic nitrogens is 1. The van der Waals surface area contributed by atoms with Crippen LogP contribution in [0.25, 0.3) is 11.3 Å². The summed E-state index contributed by atoms with van der Waals surface area (Å²) < 4.78 is 5.11. The quantitative estimate of drug-likeness (QED) is 0.724. The Morgan fingerprint density at radius 3 is 2.70 bits per heavy atom. The molecule has 3 rings (SSSR count). The van der Waals surface area contributed by atoms with Gasteiger partial charge in [0, 0.05) is 10.4 Å². The molecule has 4 nitrogen and oxygen atoms in total. The zero-order valence-corrected chi connectivity index (χ0v) is 13.9. The van der Waals surface area contributed by atoms with E-state index >= 15 is 0 Å². The number of nitrogens with one attached hydrogen (secondary N) is 1. The first-order valence-electron chi connectivity index (χ1n) is 7.59. The summed E-state index contributed by atoms with van der Waals surface area (Å²) in [6.45, 7) is 4.20. The normalized spacial score (nSPS) is 10.7. The Labute approximate surface area is 139 Å². The van der Waals surface area contributed by atoms with Crippen molar-refractivity contribution < 1.29 is 9.21 Å². The first-order valence-corrected chi connectivity index (χ1v) is 8.40. The Morgan fingerprint density at radius 2 is 2.04 bits per heavy atom. The van der Waals surface area contributed by atoms with Crippen LogP contribution < -0.4 is 5.32 Å². The van der Waals surface area contributed by atoms with Crippen molar-refractivity contribution in [3.63, 3.8) is 0 Å². The number of furan rings is 1. The molecule has 1 aromatic carbocycles. The van der Waals surface area contributed by atoms with Crippen molar-refractivity contribution in [2.75, 3.05) is 5.32 Å². The van der Waals surface area contributed by atoms with Gasteiger partial charge in [0.15, 0.2) is 10.9 Å². The number of aryl methyl sites for hydroxylation is 2. The summed E-state index contributed by atoms with van der Waals surface area (Å²) in [5, 5.41) is 3.42. The molecule has 3 aromatic rings.